The standard InChI is InChI=1S/C8H11N2O4S2/c1-15(11,12)9-7-5-3-4-6-8(7)10-16(2,13)14/h3-5,9-10H,1-2H3. The van der Waals surface area contributed by atoms with Crippen LogP contribution in [0, 0.1) is 6.07 Å². The van der Waals surface area contributed by atoms with Gasteiger partial charge in [0.1, 0.15) is 0 Å². The first kappa shape index (κ1) is 12.8. The Morgan fingerprint density at radius 3 is 2.12 bits per heavy atom. The second-order valence-electron chi connectivity index (χ2n) is 3.21. The Bertz CT molecular complexity index is 525. The van der Waals surface area contributed by atoms with Gasteiger partial charge in [0, 0.05) is 6.07 Å². The predicted molar refractivity (Wildman–Crippen MR) is 62.2 cm³/mol. The highest BCUT2D eigenvalue weighted by molar-refractivity contribution is 7.92. The van der Waals surface area contributed by atoms with Crippen LogP contribution in [0.3, 0.4) is 0 Å². The lowest BCUT2D eigenvalue weighted by atomic mass is 10.3. The quantitative estimate of drug-likeness (QED) is 0.813. The molecule has 0 spiro atoms. The van der Waals surface area contributed by atoms with Crippen LogP contribution in [0.1, 0.15) is 0 Å². The molecular weight excluding hydrogens is 252 g/mol. The summed E-state index contributed by atoms with van der Waals surface area (Å²) in [4.78, 5) is 0. The largest absolute Gasteiger partial charge is 0.282 e. The molecule has 1 aromatic carbocycles. The third-order valence-electron chi connectivity index (χ3n) is 1.44. The lowest BCUT2D eigenvalue weighted by molar-refractivity contribution is 0.604. The zero-order valence-electron chi connectivity index (χ0n) is 8.68. The van der Waals surface area contributed by atoms with Crippen molar-refractivity contribution in [1.29, 1.82) is 0 Å². The minimum Gasteiger partial charge on any atom is -0.282 e. The molecule has 0 aromatic heterocycles. The van der Waals surface area contributed by atoms with Crippen molar-refractivity contribution in [2.45, 2.75) is 0 Å². The number of benzene rings is 1. The Morgan fingerprint density at radius 1 is 1.06 bits per heavy atom. The minimum atomic E-state index is -3.47. The summed E-state index contributed by atoms with van der Waals surface area (Å²) in [6.45, 7) is 0. The molecule has 0 bridgehead atoms. The smallest absolute Gasteiger partial charge is 0.229 e. The van der Waals surface area contributed by atoms with Gasteiger partial charge in [-0.2, -0.15) is 0 Å². The highest BCUT2D eigenvalue weighted by Crippen LogP contribution is 2.21. The molecule has 0 aliphatic rings. The topological polar surface area (TPSA) is 92.3 Å². The summed E-state index contributed by atoms with van der Waals surface area (Å²) in [6.07, 6.45) is 1.95. The van der Waals surface area contributed by atoms with Gasteiger partial charge in [-0.3, -0.25) is 9.44 Å². The van der Waals surface area contributed by atoms with Gasteiger partial charge in [0.25, 0.3) is 0 Å². The number of hydrogen-bond acceptors (Lipinski definition) is 4. The third kappa shape index (κ3) is 4.49. The van der Waals surface area contributed by atoms with Crippen molar-refractivity contribution >= 4 is 31.4 Å². The van der Waals surface area contributed by atoms with E-state index >= 15 is 0 Å². The molecule has 0 saturated carbocycles. The molecule has 0 aliphatic heterocycles. The van der Waals surface area contributed by atoms with Crippen LogP contribution < -0.4 is 9.44 Å². The molecule has 1 rings (SSSR count). The lowest BCUT2D eigenvalue weighted by Gasteiger charge is -2.10. The fraction of sp³-hybridized carbons (Fsp3) is 0.250. The van der Waals surface area contributed by atoms with Crippen LogP contribution in [0.2, 0.25) is 0 Å². The van der Waals surface area contributed by atoms with E-state index in [2.05, 4.69) is 15.5 Å². The number of rotatable bonds is 4. The van der Waals surface area contributed by atoms with Crippen LogP contribution in [0.5, 0.6) is 0 Å². The van der Waals surface area contributed by atoms with Crippen LogP contribution in [0.25, 0.3) is 0 Å². The summed E-state index contributed by atoms with van der Waals surface area (Å²) in [5.41, 5.74) is 0.200. The SMILES string of the molecule is CS(=O)(=O)Nc1[c]cccc1NS(C)(=O)=O. The first-order chi connectivity index (χ1) is 7.17. The van der Waals surface area contributed by atoms with Gasteiger partial charge >= 0.3 is 0 Å². The average molecular weight is 263 g/mol. The van der Waals surface area contributed by atoms with Crippen LogP contribution in [0.4, 0.5) is 11.4 Å². The normalized spacial score (nSPS) is 12.1. The Labute approximate surface area is 94.8 Å². The first-order valence-corrected chi connectivity index (χ1v) is 7.92. The summed E-state index contributed by atoms with van der Waals surface area (Å²) in [5.74, 6) is 0. The van der Waals surface area contributed by atoms with Gasteiger partial charge in [-0.15, -0.1) is 0 Å². The Morgan fingerprint density at radius 2 is 1.62 bits per heavy atom. The van der Waals surface area contributed by atoms with Crippen molar-refractivity contribution in [3.8, 4) is 0 Å². The number of nitrogens with one attached hydrogen (secondary N) is 2. The molecule has 6 nitrogen and oxygen atoms in total. The molecule has 0 fully saturated rings. The van der Waals surface area contributed by atoms with Crippen molar-refractivity contribution in [3.63, 3.8) is 0 Å². The highest BCUT2D eigenvalue weighted by Gasteiger charge is 2.10. The molecule has 8 heteroatoms. The van der Waals surface area contributed by atoms with Crippen LogP contribution in [-0.4, -0.2) is 29.3 Å². The molecule has 0 amide bonds. The molecular formula is C8H11N2O4S2. The predicted octanol–water partition coefficient (Wildman–Crippen LogP) is 0.230. The fourth-order valence-corrected chi connectivity index (χ4v) is 2.10. The first-order valence-electron chi connectivity index (χ1n) is 4.14. The summed E-state index contributed by atoms with van der Waals surface area (Å²) >= 11 is 0. The van der Waals surface area contributed by atoms with Gasteiger partial charge in [0.15, 0.2) is 0 Å². The Kier molecular flexibility index (Phi) is 3.44. The molecule has 89 valence electrons. The fourth-order valence-electron chi connectivity index (χ4n) is 0.991. The molecule has 16 heavy (non-hydrogen) atoms. The number of anilines is 2. The van der Waals surface area contributed by atoms with Crippen LogP contribution in [-0.2, 0) is 20.0 Å². The minimum absolute atomic E-state index is 0.0652. The van der Waals surface area contributed by atoms with E-state index in [1.165, 1.54) is 12.1 Å². The molecule has 1 radical (unpaired) electrons. The van der Waals surface area contributed by atoms with Gasteiger partial charge in [-0.1, -0.05) is 12.1 Å². The van der Waals surface area contributed by atoms with E-state index in [0.29, 0.717) is 0 Å². The van der Waals surface area contributed by atoms with Gasteiger partial charge in [0.2, 0.25) is 20.0 Å². The van der Waals surface area contributed by atoms with Gasteiger partial charge in [0.05, 0.1) is 23.9 Å². The van der Waals surface area contributed by atoms with Gasteiger partial charge < -0.3 is 0 Å². The molecule has 0 atom stereocenters. The molecule has 1 aromatic rings. The number of hydrogen-bond donors (Lipinski definition) is 2. The summed E-state index contributed by atoms with van der Waals surface area (Å²) in [6, 6.07) is 7.05. The van der Waals surface area contributed by atoms with Gasteiger partial charge in [-0.05, 0) is 6.07 Å². The van der Waals surface area contributed by atoms with E-state index in [-0.39, 0.29) is 11.4 Å². The highest BCUT2D eigenvalue weighted by atomic mass is 32.2. The number of sulfonamides is 2. The molecule has 0 aliphatic carbocycles. The third-order valence-corrected chi connectivity index (χ3v) is 2.60. The van der Waals surface area contributed by atoms with E-state index in [1.54, 1.807) is 6.07 Å². The van der Waals surface area contributed by atoms with Crippen molar-refractivity contribution in [3.05, 3.63) is 24.3 Å². The molecule has 0 heterocycles. The molecule has 0 saturated heterocycles. The lowest BCUT2D eigenvalue weighted by Crippen LogP contribution is -2.15. The summed E-state index contributed by atoms with van der Waals surface area (Å²) < 4.78 is 48.4. The maximum absolute atomic E-state index is 11.0. The van der Waals surface area contributed by atoms with Crippen LogP contribution in [0.15, 0.2) is 18.2 Å². The second-order valence-corrected chi connectivity index (χ2v) is 6.70. The zero-order valence-corrected chi connectivity index (χ0v) is 10.3. The molecule has 0 unspecified atom stereocenters. The zero-order chi connectivity index (χ0) is 12.4. The Balaban J connectivity index is 3.11. The van der Waals surface area contributed by atoms with E-state index in [4.69, 9.17) is 0 Å². The Hall–Kier alpha value is -1.28. The summed E-state index contributed by atoms with van der Waals surface area (Å²) in [7, 11) is -6.93. The van der Waals surface area contributed by atoms with E-state index in [0.717, 1.165) is 12.5 Å². The van der Waals surface area contributed by atoms with Crippen molar-refractivity contribution in [1.82, 2.24) is 0 Å². The van der Waals surface area contributed by atoms with Gasteiger partial charge in [-0.25, -0.2) is 16.8 Å². The van der Waals surface area contributed by atoms with E-state index in [9.17, 15) is 16.8 Å². The number of para-hydroxylation sites is 1. The molecule has 2 N–H and O–H groups in total. The van der Waals surface area contributed by atoms with E-state index < -0.39 is 20.0 Å². The summed E-state index contributed by atoms with van der Waals surface area (Å²) in [5, 5.41) is 0. The van der Waals surface area contributed by atoms with Crippen LogP contribution >= 0.6 is 0 Å². The van der Waals surface area contributed by atoms with Crippen molar-refractivity contribution in [2.24, 2.45) is 0 Å². The van der Waals surface area contributed by atoms with E-state index in [1.807, 2.05) is 0 Å². The second kappa shape index (κ2) is 4.30. The maximum Gasteiger partial charge on any atom is 0.229 e. The monoisotopic (exact) mass is 263 g/mol. The average Bonchev–Trinajstić information content (AvgIpc) is 2.03. The maximum atomic E-state index is 11.0. The van der Waals surface area contributed by atoms with Crippen molar-refractivity contribution in [2.75, 3.05) is 22.0 Å². The van der Waals surface area contributed by atoms with Crippen molar-refractivity contribution < 1.29 is 16.8 Å².